The van der Waals surface area contributed by atoms with Crippen LogP contribution in [0.15, 0.2) is 25.3 Å². The number of hydrogen-bond acceptors (Lipinski definition) is 3. The van der Waals surface area contributed by atoms with E-state index < -0.39 is 5.91 Å². The van der Waals surface area contributed by atoms with Gasteiger partial charge in [-0.3, -0.25) is 0 Å². The van der Waals surface area contributed by atoms with Crippen LogP contribution in [0.2, 0.25) is 0 Å². The molecule has 0 radical (unpaired) electrons. The molecule has 4 heteroatoms. The van der Waals surface area contributed by atoms with Crippen molar-refractivity contribution in [3.05, 3.63) is 25.3 Å². The Morgan fingerprint density at radius 1 is 1.25 bits per heavy atom. The van der Waals surface area contributed by atoms with Gasteiger partial charge in [-0.25, -0.2) is 4.90 Å². The van der Waals surface area contributed by atoms with Gasteiger partial charge in [-0.1, -0.05) is 12.2 Å². The Bertz CT molecular complexity index is 132. The van der Waals surface area contributed by atoms with Crippen molar-refractivity contribution < 1.29 is 10.2 Å². The highest BCUT2D eigenvalue weighted by molar-refractivity contribution is 5.85. The molecule has 0 aromatic heterocycles. The minimum atomic E-state index is -1.79. The molecule has 0 aromatic rings. The first-order chi connectivity index (χ1) is 5.02. The third-order valence-electron chi connectivity index (χ3n) is 1.30. The summed E-state index contributed by atoms with van der Waals surface area (Å²) in [6.07, 6.45) is 3.21. The van der Waals surface area contributed by atoms with Crippen LogP contribution in [0.5, 0.6) is 0 Å². The molecule has 0 rings (SSSR count). The lowest BCUT2D eigenvalue weighted by Gasteiger charge is -2.29. The molecule has 72 valence electrons. The van der Waals surface area contributed by atoms with E-state index in [2.05, 4.69) is 13.2 Å². The van der Waals surface area contributed by atoms with E-state index in [1.165, 1.54) is 11.8 Å². The van der Waals surface area contributed by atoms with E-state index in [9.17, 15) is 0 Å². The molecule has 0 aliphatic carbocycles. The van der Waals surface area contributed by atoms with Gasteiger partial charge in [0.1, 0.15) is 0 Å². The summed E-state index contributed by atoms with van der Waals surface area (Å²) in [6.45, 7) is 9.15. The van der Waals surface area contributed by atoms with Crippen LogP contribution in [-0.2, 0) is 0 Å². The van der Waals surface area contributed by atoms with Gasteiger partial charge in [-0.2, -0.15) is 0 Å². The van der Waals surface area contributed by atoms with Gasteiger partial charge in [0.2, 0.25) is 5.91 Å². The van der Waals surface area contributed by atoms with E-state index in [1.807, 2.05) is 0 Å². The predicted molar refractivity (Wildman–Crippen MR) is 52.1 cm³/mol. The summed E-state index contributed by atoms with van der Waals surface area (Å²) in [6, 6.07) is 0. The summed E-state index contributed by atoms with van der Waals surface area (Å²) in [4.78, 5) is 1.42. The maximum Gasteiger partial charge on any atom is 0.222 e. The fraction of sp³-hybridized carbons (Fsp3) is 0.500. The quantitative estimate of drug-likeness (QED) is 0.500. The first-order valence-electron chi connectivity index (χ1n) is 3.44. The molecule has 0 saturated carbocycles. The maximum absolute atomic E-state index is 9.13. The molecule has 0 unspecified atom stereocenters. The zero-order valence-corrected chi connectivity index (χ0v) is 8.05. The Labute approximate surface area is 79.4 Å². The van der Waals surface area contributed by atoms with Gasteiger partial charge >= 0.3 is 0 Å². The second-order valence-corrected chi connectivity index (χ2v) is 2.45. The zero-order valence-electron chi connectivity index (χ0n) is 7.23. The minimum Gasteiger partial charge on any atom is -0.353 e. The van der Waals surface area contributed by atoms with E-state index in [0.717, 1.165) is 0 Å². The molecular weight excluding hydrogens is 178 g/mol. The number of nitrogens with zero attached hydrogens (tertiary/aromatic N) is 1. The SMILES string of the molecule is C=CCN(CC=C)C(C)(O)O.Cl. The van der Waals surface area contributed by atoms with Crippen LogP contribution in [-0.4, -0.2) is 34.1 Å². The fourth-order valence-corrected chi connectivity index (χ4v) is 0.732. The van der Waals surface area contributed by atoms with Crippen LogP contribution in [0.1, 0.15) is 6.92 Å². The summed E-state index contributed by atoms with van der Waals surface area (Å²) in [5.74, 6) is -1.79. The van der Waals surface area contributed by atoms with Crippen LogP contribution in [0.3, 0.4) is 0 Å². The van der Waals surface area contributed by atoms with Gasteiger partial charge in [0.25, 0.3) is 0 Å². The van der Waals surface area contributed by atoms with Crippen LogP contribution in [0, 0.1) is 0 Å². The van der Waals surface area contributed by atoms with Crippen molar-refractivity contribution in [1.29, 1.82) is 0 Å². The molecule has 2 N–H and O–H groups in total. The van der Waals surface area contributed by atoms with Crippen LogP contribution in [0.25, 0.3) is 0 Å². The predicted octanol–water partition coefficient (Wildman–Crippen LogP) is 0.740. The fourth-order valence-electron chi connectivity index (χ4n) is 0.732. The van der Waals surface area contributed by atoms with E-state index in [0.29, 0.717) is 13.1 Å². The Balaban J connectivity index is 0. The van der Waals surface area contributed by atoms with Gasteiger partial charge in [-0.05, 0) is 0 Å². The lowest BCUT2D eigenvalue weighted by atomic mass is 10.4. The number of halogens is 1. The first kappa shape index (κ1) is 14.2. The highest BCUT2D eigenvalue weighted by atomic mass is 35.5. The van der Waals surface area contributed by atoms with Crippen molar-refractivity contribution in [3.8, 4) is 0 Å². The smallest absolute Gasteiger partial charge is 0.222 e. The summed E-state index contributed by atoms with van der Waals surface area (Å²) in [5.41, 5.74) is 0. The lowest BCUT2D eigenvalue weighted by molar-refractivity contribution is -0.244. The third-order valence-corrected chi connectivity index (χ3v) is 1.30. The maximum atomic E-state index is 9.13. The van der Waals surface area contributed by atoms with E-state index in [4.69, 9.17) is 10.2 Å². The second kappa shape index (κ2) is 6.20. The van der Waals surface area contributed by atoms with Crippen LogP contribution < -0.4 is 0 Å². The largest absolute Gasteiger partial charge is 0.353 e. The molecule has 0 amide bonds. The van der Waals surface area contributed by atoms with E-state index in [-0.39, 0.29) is 12.4 Å². The molecule has 0 spiro atoms. The molecule has 0 aromatic carbocycles. The Morgan fingerprint density at radius 3 is 1.75 bits per heavy atom. The first-order valence-corrected chi connectivity index (χ1v) is 3.44. The highest BCUT2D eigenvalue weighted by Crippen LogP contribution is 2.05. The van der Waals surface area contributed by atoms with Crippen molar-refractivity contribution in [2.24, 2.45) is 0 Å². The normalized spacial score (nSPS) is 10.7. The van der Waals surface area contributed by atoms with Gasteiger partial charge < -0.3 is 10.2 Å². The van der Waals surface area contributed by atoms with Gasteiger partial charge in [0.05, 0.1) is 0 Å². The molecule has 0 atom stereocenters. The van der Waals surface area contributed by atoms with E-state index in [1.54, 1.807) is 12.2 Å². The van der Waals surface area contributed by atoms with Crippen LogP contribution in [0.4, 0.5) is 0 Å². The van der Waals surface area contributed by atoms with Crippen molar-refractivity contribution in [2.75, 3.05) is 13.1 Å². The summed E-state index contributed by atoms with van der Waals surface area (Å²) in [7, 11) is 0. The summed E-state index contributed by atoms with van der Waals surface area (Å²) >= 11 is 0. The monoisotopic (exact) mass is 193 g/mol. The summed E-state index contributed by atoms with van der Waals surface area (Å²) < 4.78 is 0. The van der Waals surface area contributed by atoms with Crippen molar-refractivity contribution in [1.82, 2.24) is 4.90 Å². The average molecular weight is 194 g/mol. The molecular formula is C8H16ClNO2. The second-order valence-electron chi connectivity index (χ2n) is 2.45. The van der Waals surface area contributed by atoms with Crippen molar-refractivity contribution in [2.45, 2.75) is 12.8 Å². The Hall–Kier alpha value is -0.350. The highest BCUT2D eigenvalue weighted by Gasteiger charge is 2.22. The van der Waals surface area contributed by atoms with Crippen molar-refractivity contribution in [3.63, 3.8) is 0 Å². The lowest BCUT2D eigenvalue weighted by Crippen LogP contribution is -2.46. The van der Waals surface area contributed by atoms with Gasteiger partial charge in [0.15, 0.2) is 0 Å². The molecule has 0 aliphatic heterocycles. The zero-order chi connectivity index (χ0) is 8.91. The number of aliphatic hydroxyl groups is 2. The minimum absolute atomic E-state index is 0. The molecule has 12 heavy (non-hydrogen) atoms. The molecule has 0 aliphatic rings. The topological polar surface area (TPSA) is 43.7 Å². The Kier molecular flexibility index (Phi) is 7.33. The number of hydrogen-bond donors (Lipinski definition) is 2. The van der Waals surface area contributed by atoms with Gasteiger partial charge in [-0.15, -0.1) is 25.6 Å². The molecule has 0 fully saturated rings. The third kappa shape index (κ3) is 5.32. The Morgan fingerprint density at radius 2 is 1.58 bits per heavy atom. The summed E-state index contributed by atoms with van der Waals surface area (Å²) in [5, 5.41) is 18.3. The molecule has 3 nitrogen and oxygen atoms in total. The molecule has 0 saturated heterocycles. The van der Waals surface area contributed by atoms with Gasteiger partial charge in [0, 0.05) is 20.0 Å². The molecule has 0 heterocycles. The average Bonchev–Trinajstić information content (AvgIpc) is 1.85. The number of rotatable bonds is 5. The van der Waals surface area contributed by atoms with Crippen molar-refractivity contribution >= 4 is 12.4 Å². The van der Waals surface area contributed by atoms with E-state index >= 15 is 0 Å². The molecule has 0 bridgehead atoms. The van der Waals surface area contributed by atoms with Crippen LogP contribution >= 0.6 is 12.4 Å². The standard InChI is InChI=1S/C8H15NO2.ClH/c1-4-6-9(7-5-2)8(3,10)11;/h4-5,10-11H,1-2,6-7H2,3H3;1H.